The molecule has 11 nitrogen and oxygen atoms in total. The SMILES string of the molecule is [CH2-]C(=O)[C@]1(O)Cc2c(O)c3c(c(O)c2[C@@H](O[C@H]2C[C@H](N([CH2-])C)[C@H](O)[C@H](C)O2)C1)C(=O)c1c(OC)cccc1C3=O.[V].[V].[V].[V].[V].[V].[V].[V].[V].[V].[W].[W].[W]. The van der Waals surface area contributed by atoms with E-state index in [1.807, 2.05) is 0 Å². The smallest absolute Gasteiger partial charge is 0.202 e. The second-order valence-electron chi connectivity index (χ2n) is 10.7. The molecule has 53 heavy (non-hydrogen) atoms. The van der Waals surface area contributed by atoms with Gasteiger partial charge in [-0.3, -0.25) is 16.6 Å². The van der Waals surface area contributed by atoms with E-state index in [-0.39, 0.29) is 290 Å². The fourth-order valence-corrected chi connectivity index (χ4v) is 5.98. The van der Waals surface area contributed by atoms with E-state index < -0.39 is 82.6 Å². The Labute approximate surface area is 472 Å². The number of nitrogens with zero attached hydrogens (tertiary/aromatic N) is 1. The fraction of sp³-hybridized carbons (Fsp3) is 0.414. The molecule has 1 saturated heterocycles. The number of phenolic OH excluding ortho intramolecular Hbond substituents is 2. The van der Waals surface area contributed by atoms with Gasteiger partial charge in [-0.05, 0) is 20.0 Å². The molecule has 24 heteroatoms. The van der Waals surface area contributed by atoms with Crippen molar-refractivity contribution >= 4 is 17.3 Å². The van der Waals surface area contributed by atoms with Crippen molar-refractivity contribution in [3.05, 3.63) is 65.6 Å². The van der Waals surface area contributed by atoms with E-state index in [1.165, 1.54) is 25.3 Å². The second-order valence-corrected chi connectivity index (χ2v) is 10.7. The van der Waals surface area contributed by atoms with Crippen LogP contribution in [0.5, 0.6) is 17.2 Å². The fourth-order valence-electron chi connectivity index (χ4n) is 5.98. The number of benzene rings is 2. The zero-order valence-electron chi connectivity index (χ0n) is 28.0. The Kier molecular flexibility index (Phi) is 47.3. The van der Waals surface area contributed by atoms with Crippen LogP contribution >= 0.6 is 0 Å². The maximum atomic E-state index is 13.7. The number of fused-ring (bicyclic) bond motifs is 3. The number of Topliss-reactive ketones (excluding diaryl/α,β-unsaturated/α-hetero) is 1. The largest absolute Gasteiger partial charge is 0.507 e. The number of carbonyl (C=O) groups excluding carboxylic acids is 3. The molecule has 1 aliphatic heterocycles. The number of aromatic hydroxyl groups is 2. The van der Waals surface area contributed by atoms with Crippen molar-refractivity contribution in [1.82, 2.24) is 4.90 Å². The van der Waals surface area contributed by atoms with Gasteiger partial charge in [-0.1, -0.05) is 12.1 Å². The molecule has 6 atom stereocenters. The molecule has 2 aromatic rings. The molecule has 10 radical (unpaired) electrons. The number of rotatable bonds is 5. The second kappa shape index (κ2) is 32.2. The summed E-state index contributed by atoms with van der Waals surface area (Å²) >= 11 is 0. The average Bonchev–Trinajstić information content (AvgIpc) is 2.90. The minimum Gasteiger partial charge on any atom is -0.507 e. The molecule has 0 spiro atoms. The van der Waals surface area contributed by atoms with Crippen molar-refractivity contribution in [3.63, 3.8) is 0 Å². The minimum absolute atomic E-state index is 0. The Morgan fingerprint density at radius 2 is 1.42 bits per heavy atom. The molecule has 0 bridgehead atoms. The van der Waals surface area contributed by atoms with Crippen LogP contribution in [0.4, 0.5) is 0 Å². The molecule has 1 heterocycles. The number of ether oxygens (including phenoxy) is 3. The first-order chi connectivity index (χ1) is 18.8. The van der Waals surface area contributed by atoms with E-state index in [0.29, 0.717) is 0 Å². The van der Waals surface area contributed by atoms with Crippen LogP contribution in [-0.2, 0) is 269 Å². The molecule has 3 aliphatic rings. The zero-order chi connectivity index (χ0) is 29.3. The number of hydrogen-bond donors (Lipinski definition) is 4. The zero-order valence-corrected chi connectivity index (χ0v) is 50.8. The van der Waals surface area contributed by atoms with E-state index in [4.69, 9.17) is 14.2 Å². The van der Waals surface area contributed by atoms with E-state index >= 15 is 0 Å². The van der Waals surface area contributed by atoms with Gasteiger partial charge in [0.05, 0.1) is 42.1 Å². The summed E-state index contributed by atoms with van der Waals surface area (Å²) < 4.78 is 17.3. The van der Waals surface area contributed by atoms with Crippen LogP contribution in [0.3, 0.4) is 0 Å². The molecule has 4 N–H and O–H groups in total. The molecule has 2 aromatic carbocycles. The van der Waals surface area contributed by atoms with Gasteiger partial charge < -0.3 is 51.3 Å². The number of ketones is 3. The first-order valence-electron chi connectivity index (χ1n) is 12.8. The maximum Gasteiger partial charge on any atom is 0.202 e. The van der Waals surface area contributed by atoms with E-state index in [9.17, 15) is 34.8 Å². The summed E-state index contributed by atoms with van der Waals surface area (Å²) in [5.41, 5.74) is -3.23. The summed E-state index contributed by atoms with van der Waals surface area (Å²) in [5.74, 6) is -3.47. The molecule has 5 rings (SSSR count). The first-order valence-corrected chi connectivity index (χ1v) is 12.8. The Balaban J connectivity index is -0.000000213. The van der Waals surface area contributed by atoms with Gasteiger partial charge in [0.2, 0.25) is 5.78 Å². The van der Waals surface area contributed by atoms with Crippen molar-refractivity contribution < 1.29 is 298 Å². The van der Waals surface area contributed by atoms with Crippen LogP contribution < -0.4 is 4.74 Å². The quantitative estimate of drug-likeness (QED) is 0.217. The van der Waals surface area contributed by atoms with Crippen LogP contribution in [0.1, 0.15) is 68.8 Å². The standard InChI is InChI=1S/C29H31NO10.10V.3W/c1-12-24(32)16(30(3)4)9-19(39-12)40-18-11-29(37,13(2)31)10-15-21(18)28(36)23-22(26(15)34)25(33)14-7-6-8-17(38-5)20(14)27(23)35;;;;;;;;;;;;;/h6-8,12,16,18-19,24,32,34,36-37H,2-3,9-11H2,1,4-5H3;;;;;;;;;;;;;/q-2;;;;;;;;;;;;;/t12-,16-,18-,19-,24+,29-;;;;;;;;;;;;;/m0............./s1. The van der Waals surface area contributed by atoms with E-state index in [2.05, 4.69) is 14.0 Å². The number of aliphatic hydroxyl groups excluding tert-OH is 1. The van der Waals surface area contributed by atoms with Crippen LogP contribution in [0, 0.1) is 14.0 Å². The van der Waals surface area contributed by atoms with Crippen molar-refractivity contribution in [2.75, 3.05) is 14.2 Å². The third-order valence-electron chi connectivity index (χ3n) is 8.15. The number of aliphatic hydroxyl groups is 2. The van der Waals surface area contributed by atoms with E-state index in [0.717, 1.165) is 0 Å². The Morgan fingerprint density at radius 3 is 1.89 bits per heavy atom. The summed E-state index contributed by atoms with van der Waals surface area (Å²) in [6.07, 6.45) is -4.50. The predicted octanol–water partition coefficient (Wildman–Crippen LogP) is 1.58. The third-order valence-corrected chi connectivity index (χ3v) is 8.15. The molecule has 2 aliphatic carbocycles. The van der Waals surface area contributed by atoms with Gasteiger partial charge in [0.15, 0.2) is 12.1 Å². The molecule has 0 aromatic heterocycles. The maximum absolute atomic E-state index is 13.7. The Morgan fingerprint density at radius 1 is 0.906 bits per heavy atom. The summed E-state index contributed by atoms with van der Waals surface area (Å²) in [6, 6.07) is 3.97. The number of likely N-dealkylation sites (N-methyl/N-ethyl adjacent to an activating group) is 1. The summed E-state index contributed by atoms with van der Waals surface area (Å²) in [7, 11) is 6.87. The van der Waals surface area contributed by atoms with Gasteiger partial charge in [-0.2, -0.15) is 0 Å². The van der Waals surface area contributed by atoms with Gasteiger partial charge in [0.25, 0.3) is 0 Å². The molecule has 0 unspecified atom stereocenters. The van der Waals surface area contributed by atoms with Crippen molar-refractivity contribution in [2.45, 2.75) is 62.4 Å². The molecule has 282 valence electrons. The monoisotopic (exact) mass is 1610 g/mol. The van der Waals surface area contributed by atoms with E-state index in [1.54, 1.807) is 18.9 Å². The Bertz CT molecular complexity index is 1470. The van der Waals surface area contributed by atoms with Gasteiger partial charge in [-0.15, -0.1) is 0 Å². The van der Waals surface area contributed by atoms with Gasteiger partial charge in [-0.25, -0.2) is 0 Å². The summed E-state index contributed by atoms with van der Waals surface area (Å²) in [4.78, 5) is 41.3. The normalized spacial score (nSPS) is 22.3. The van der Waals surface area contributed by atoms with Crippen LogP contribution in [0.2, 0.25) is 0 Å². The van der Waals surface area contributed by atoms with Gasteiger partial charge in [0, 0.05) is 297 Å². The molecule has 1 fully saturated rings. The molecule has 0 saturated carbocycles. The first kappa shape index (κ1) is 78.0. The third kappa shape index (κ3) is 15.3. The number of carbonyl (C=O) groups is 3. The van der Waals surface area contributed by atoms with Crippen LogP contribution in [0.25, 0.3) is 0 Å². The Hall–Kier alpha value is 4.43. The van der Waals surface area contributed by atoms with Crippen molar-refractivity contribution in [1.29, 1.82) is 0 Å². The average molecular weight is 1610 g/mol. The number of hydrogen-bond acceptors (Lipinski definition) is 11. The number of phenols is 2. The topological polar surface area (TPSA) is 163 Å². The predicted molar refractivity (Wildman–Crippen MR) is 139 cm³/mol. The molecular formula is C29H31NO10V10W3-2. The molecular weight excluding hydrogens is 1580 g/mol. The van der Waals surface area contributed by atoms with Gasteiger partial charge >= 0.3 is 0 Å². The van der Waals surface area contributed by atoms with Crippen molar-refractivity contribution in [3.8, 4) is 17.2 Å². The number of methoxy groups -OCH3 is 1. The van der Waals surface area contributed by atoms with Gasteiger partial charge in [0.1, 0.15) is 22.8 Å². The van der Waals surface area contributed by atoms with Crippen LogP contribution in [0.15, 0.2) is 18.2 Å². The minimum atomic E-state index is -2.11. The summed E-state index contributed by atoms with van der Waals surface area (Å²) in [6.45, 7) is 5.01. The molecule has 0 amide bonds. The summed E-state index contributed by atoms with van der Waals surface area (Å²) in [5, 5.41) is 44.7. The van der Waals surface area contributed by atoms with Crippen molar-refractivity contribution in [2.24, 2.45) is 0 Å². The van der Waals surface area contributed by atoms with Crippen LogP contribution in [-0.4, -0.2) is 87.0 Å².